The quantitative estimate of drug-likeness (QED) is 0.0161. The zero-order valence-electron chi connectivity index (χ0n) is 71.8. The Bertz CT molecular complexity index is 3940. The molecule has 0 atom stereocenters. The van der Waals surface area contributed by atoms with E-state index in [0.717, 1.165) is 96.3 Å². The van der Waals surface area contributed by atoms with Crippen molar-refractivity contribution in [2.24, 2.45) is 5.41 Å². The molecule has 0 bridgehead atoms. The Morgan fingerprint density at radius 2 is 0.475 bits per heavy atom. The predicted octanol–water partition coefficient (Wildman–Crippen LogP) is 21.8. The van der Waals surface area contributed by atoms with E-state index in [-0.39, 0.29) is 82.3 Å². The highest BCUT2D eigenvalue weighted by atomic mass is 16.6. The van der Waals surface area contributed by atoms with E-state index in [9.17, 15) is 57.5 Å². The molecule has 0 saturated carbocycles. The maximum atomic E-state index is 12.1. The number of carboxylic acid groups (broad SMARTS) is 1. The first-order valence-corrected chi connectivity index (χ1v) is 41.5. The van der Waals surface area contributed by atoms with Crippen LogP contribution in [0.15, 0.2) is 146 Å². The van der Waals surface area contributed by atoms with Crippen LogP contribution in [0.4, 0.5) is 0 Å². The summed E-state index contributed by atoms with van der Waals surface area (Å²) in [5, 5.41) is 8.69. The number of para-hydroxylation sites is 6. The van der Waals surface area contributed by atoms with Crippen LogP contribution in [0, 0.1) is 5.41 Å². The van der Waals surface area contributed by atoms with Gasteiger partial charge in [0.15, 0.2) is 0 Å². The maximum absolute atomic E-state index is 12.1. The molecule has 24 heteroatoms. The molecule has 0 saturated heterocycles. The van der Waals surface area contributed by atoms with Crippen molar-refractivity contribution in [1.29, 1.82) is 0 Å². The van der Waals surface area contributed by atoms with Crippen LogP contribution >= 0.6 is 0 Å². The molecule has 0 heterocycles. The van der Waals surface area contributed by atoms with E-state index in [2.05, 4.69) is 39.4 Å². The lowest BCUT2D eigenvalue weighted by Gasteiger charge is -2.17. The van der Waals surface area contributed by atoms with Gasteiger partial charge in [0.25, 0.3) is 0 Å². The molecule has 0 aliphatic carbocycles. The van der Waals surface area contributed by atoms with Gasteiger partial charge in [-0.05, 0) is 132 Å². The SMILES string of the molecule is CC(=O)Oc1ccccc1C(=O)O.CCCCCCCCOC(=O)c1ccccc1OC(=O)CC.CCCCCCCCOC(=O)c1ccccc1OC(C)=O.CCCCCCOC(=O)c1ccccc1OC(=O)C(C)(C)C.CCCCCCOC(=O)c1ccccc1OC(=O)CCC.CCCCCOC(=O)c1ccccc1OC(=O)CC. The summed E-state index contributed by atoms with van der Waals surface area (Å²) in [6.45, 7) is 25.8. The molecular formula is C94H128O24. The molecule has 0 spiro atoms. The monoisotopic (exact) mass is 1640 g/mol. The van der Waals surface area contributed by atoms with Crippen LogP contribution in [0.25, 0.3) is 0 Å². The Morgan fingerprint density at radius 1 is 0.263 bits per heavy atom. The van der Waals surface area contributed by atoms with Gasteiger partial charge in [0.1, 0.15) is 67.9 Å². The summed E-state index contributed by atoms with van der Waals surface area (Å²) >= 11 is 0. The summed E-state index contributed by atoms with van der Waals surface area (Å²) in [4.78, 5) is 138. The topological polar surface area (TPSA) is 327 Å². The first-order chi connectivity index (χ1) is 56.7. The van der Waals surface area contributed by atoms with E-state index in [4.69, 9.17) is 52.5 Å². The number of unbranched alkanes of at least 4 members (excludes halogenated alkanes) is 18. The highest BCUT2D eigenvalue weighted by Crippen LogP contribution is 2.27. The van der Waals surface area contributed by atoms with E-state index in [0.29, 0.717) is 68.1 Å². The Hall–Kier alpha value is -11.0. The maximum Gasteiger partial charge on any atom is 0.341 e. The summed E-state index contributed by atoms with van der Waals surface area (Å²) < 4.78 is 56.6. The first-order valence-electron chi connectivity index (χ1n) is 41.5. The van der Waals surface area contributed by atoms with E-state index in [1.54, 1.807) is 168 Å². The Kier molecular flexibility index (Phi) is 57.9. The van der Waals surface area contributed by atoms with Gasteiger partial charge in [-0.25, -0.2) is 28.8 Å². The number of carbonyl (C=O) groups is 12. The molecule has 6 aromatic rings. The van der Waals surface area contributed by atoms with E-state index in [1.807, 2.05) is 6.92 Å². The van der Waals surface area contributed by atoms with E-state index < -0.39 is 53.2 Å². The second-order valence-corrected chi connectivity index (χ2v) is 28.0. The fourth-order valence-electron chi connectivity index (χ4n) is 10.1. The van der Waals surface area contributed by atoms with Gasteiger partial charge in [0, 0.05) is 33.1 Å². The van der Waals surface area contributed by atoms with Crippen molar-refractivity contribution in [3.63, 3.8) is 0 Å². The average Bonchev–Trinajstić information content (AvgIpc) is 0.795. The van der Waals surface area contributed by atoms with Gasteiger partial charge in [0.05, 0.1) is 38.4 Å². The molecular weight excluding hydrogens is 1510 g/mol. The largest absolute Gasteiger partial charge is 0.478 e. The average molecular weight is 1640 g/mol. The molecule has 0 aliphatic heterocycles. The second kappa shape index (κ2) is 65.0. The summed E-state index contributed by atoms with van der Waals surface area (Å²) in [5.41, 5.74) is 0.831. The van der Waals surface area contributed by atoms with Crippen LogP contribution < -0.4 is 28.4 Å². The highest BCUT2D eigenvalue weighted by Gasteiger charge is 2.27. The summed E-state index contributed by atoms with van der Waals surface area (Å²) in [6.07, 6.45) is 26.6. The van der Waals surface area contributed by atoms with Crippen LogP contribution in [0.2, 0.25) is 0 Å². The molecule has 648 valence electrons. The van der Waals surface area contributed by atoms with Gasteiger partial charge in [-0.2, -0.15) is 0 Å². The standard InChI is InChI=1S/2C18H26O4.2C17H24O4.C15H20O4.C9H8O4/c1-5-6-7-10-13-21-16(19)14-11-8-9-12-15(14)22-17(20)18(2,3)4;1-3-5-6-7-8-11-14-21-18(20)15-12-9-10-13-16(15)22-17(19)4-2;1-3-4-5-6-7-10-13-20-17(19)15-11-8-9-12-16(15)21-14(2)18;1-3-5-6-9-13-20-17(19)14-11-7-8-12-15(14)21-16(18)10-4-2;1-3-5-8-11-18-15(17)12-9-6-7-10-13(12)19-14(16)4-2;1-6(10)13-8-5-3-2-4-7(8)9(11)12/h8-9,11-12H,5-7,10,13H2,1-4H3;9-10,12-13H,3-8,11,14H2,1-2H3;8-9,11-12H,3-7,10,13H2,1-2H3;7-8,11-12H,3-6,9-10,13H2,1-2H3;6-7,9-10H,3-5,8,11H2,1-2H3;2-5H,1H3,(H,11,12). The van der Waals surface area contributed by atoms with Gasteiger partial charge in [0.2, 0.25) is 0 Å². The number of benzene rings is 6. The first kappa shape index (κ1) is 105. The number of ether oxygens (including phenoxy) is 11. The fraction of sp³-hybridized carbons (Fsp3) is 0.489. The third kappa shape index (κ3) is 47.9. The molecule has 0 radical (unpaired) electrons. The molecule has 0 amide bonds. The number of carboxylic acids is 1. The van der Waals surface area contributed by atoms with Gasteiger partial charge < -0.3 is 57.2 Å². The summed E-state index contributed by atoms with van der Waals surface area (Å²) in [5.74, 6) is -4.40. The van der Waals surface area contributed by atoms with Crippen molar-refractivity contribution in [1.82, 2.24) is 0 Å². The molecule has 0 aliphatic rings. The lowest BCUT2D eigenvalue weighted by Crippen LogP contribution is -2.26. The molecule has 6 rings (SSSR count). The third-order valence-corrected chi connectivity index (χ3v) is 16.6. The predicted molar refractivity (Wildman–Crippen MR) is 452 cm³/mol. The van der Waals surface area contributed by atoms with Crippen LogP contribution in [-0.4, -0.2) is 110 Å². The van der Waals surface area contributed by atoms with Crippen molar-refractivity contribution < 1.29 is 115 Å². The fourth-order valence-corrected chi connectivity index (χ4v) is 10.1. The van der Waals surface area contributed by atoms with Crippen LogP contribution in [0.3, 0.4) is 0 Å². The molecule has 1 N–H and O–H groups in total. The van der Waals surface area contributed by atoms with Crippen molar-refractivity contribution in [2.45, 2.75) is 263 Å². The van der Waals surface area contributed by atoms with Crippen LogP contribution in [0.5, 0.6) is 34.5 Å². The molecule has 24 nitrogen and oxygen atoms in total. The molecule has 6 aromatic carbocycles. The number of rotatable bonds is 44. The smallest absolute Gasteiger partial charge is 0.341 e. The minimum atomic E-state index is -1.11. The van der Waals surface area contributed by atoms with E-state index >= 15 is 0 Å². The van der Waals surface area contributed by atoms with Crippen LogP contribution in [-0.2, 0) is 52.5 Å². The van der Waals surface area contributed by atoms with Crippen LogP contribution in [0.1, 0.15) is 326 Å². The lowest BCUT2D eigenvalue weighted by atomic mass is 9.97. The van der Waals surface area contributed by atoms with Gasteiger partial charge in [-0.15, -0.1) is 0 Å². The third-order valence-electron chi connectivity index (χ3n) is 16.6. The summed E-state index contributed by atoms with van der Waals surface area (Å²) in [7, 11) is 0. The van der Waals surface area contributed by atoms with E-state index in [1.165, 1.54) is 77.3 Å². The number of hydrogen-bond donors (Lipinski definition) is 1. The number of carbonyl (C=O) groups excluding carboxylic acids is 11. The van der Waals surface area contributed by atoms with Gasteiger partial charge >= 0.3 is 71.6 Å². The molecule has 0 unspecified atom stereocenters. The van der Waals surface area contributed by atoms with Crippen molar-refractivity contribution >= 4 is 71.6 Å². The highest BCUT2D eigenvalue weighted by molar-refractivity contribution is 5.97. The molecule has 0 fully saturated rings. The number of esters is 11. The molecule has 0 aromatic heterocycles. The minimum absolute atomic E-state index is 0.0160. The zero-order valence-corrected chi connectivity index (χ0v) is 71.8. The number of aromatic carboxylic acids is 1. The second-order valence-electron chi connectivity index (χ2n) is 28.0. The van der Waals surface area contributed by atoms with Gasteiger partial charge in [-0.3, -0.25) is 28.8 Å². The Morgan fingerprint density at radius 3 is 0.729 bits per heavy atom. The number of hydrogen-bond acceptors (Lipinski definition) is 23. The minimum Gasteiger partial charge on any atom is -0.478 e. The zero-order chi connectivity index (χ0) is 87.7. The van der Waals surface area contributed by atoms with Crippen molar-refractivity contribution in [3.05, 3.63) is 179 Å². The Labute approximate surface area is 698 Å². The van der Waals surface area contributed by atoms with Crippen molar-refractivity contribution in [3.8, 4) is 34.5 Å². The molecule has 118 heavy (non-hydrogen) atoms. The lowest BCUT2D eigenvalue weighted by molar-refractivity contribution is -0.143. The van der Waals surface area contributed by atoms with Crippen molar-refractivity contribution in [2.75, 3.05) is 33.0 Å². The van der Waals surface area contributed by atoms with Gasteiger partial charge in [-0.1, -0.05) is 244 Å². The Balaban J connectivity index is 0.000000712. The normalized spacial score (nSPS) is 10.2. The summed E-state index contributed by atoms with van der Waals surface area (Å²) in [6, 6.07) is 39.2.